The predicted molar refractivity (Wildman–Crippen MR) is 65.9 cm³/mol. The maximum atomic E-state index is 11.1. The minimum Gasteiger partial charge on any atom is -0.490 e. The highest BCUT2D eigenvalue weighted by molar-refractivity contribution is 6.03. The van der Waals surface area contributed by atoms with Crippen LogP contribution in [0.4, 0.5) is 5.69 Å². The molecule has 0 unspecified atom stereocenters. The Labute approximate surface area is 108 Å². The van der Waals surface area contributed by atoms with E-state index >= 15 is 0 Å². The Bertz CT molecular complexity index is 549. The number of allylic oxidation sites excluding steroid dienone is 1. The molecule has 0 saturated carbocycles. The van der Waals surface area contributed by atoms with Crippen LogP contribution >= 0.6 is 0 Å². The van der Waals surface area contributed by atoms with Crippen LogP contribution in [-0.2, 0) is 9.59 Å². The van der Waals surface area contributed by atoms with Crippen LogP contribution in [0.25, 0.3) is 6.08 Å². The van der Waals surface area contributed by atoms with Gasteiger partial charge >= 0.3 is 11.7 Å². The largest absolute Gasteiger partial charge is 0.490 e. The summed E-state index contributed by atoms with van der Waals surface area (Å²) in [6.07, 6.45) is 1.77. The van der Waals surface area contributed by atoms with Gasteiger partial charge in [-0.3, -0.25) is 19.7 Å². The number of nitro groups is 1. The Kier molecular flexibility index (Phi) is 4.76. The first-order valence-corrected chi connectivity index (χ1v) is 5.19. The number of carboxylic acids is 1. The second-order valence-electron chi connectivity index (χ2n) is 3.56. The van der Waals surface area contributed by atoms with Crippen molar-refractivity contribution in [3.63, 3.8) is 0 Å². The fourth-order valence-electron chi connectivity index (χ4n) is 1.35. The molecule has 1 aromatic rings. The molecule has 0 aliphatic rings. The zero-order chi connectivity index (χ0) is 14.4. The summed E-state index contributed by atoms with van der Waals surface area (Å²) >= 11 is 0. The number of hydrogen-bond donors (Lipinski definition) is 1. The lowest BCUT2D eigenvalue weighted by Gasteiger charge is -2.01. The molecule has 0 spiro atoms. The molecule has 0 amide bonds. The Morgan fingerprint density at radius 3 is 2.68 bits per heavy atom. The van der Waals surface area contributed by atoms with Crippen molar-refractivity contribution in [2.45, 2.75) is 6.42 Å². The molecule has 7 nitrogen and oxygen atoms in total. The van der Waals surface area contributed by atoms with E-state index in [1.807, 2.05) is 0 Å². The van der Waals surface area contributed by atoms with E-state index < -0.39 is 23.1 Å². The number of rotatable bonds is 6. The number of carbonyl (C=O) groups is 2. The van der Waals surface area contributed by atoms with Crippen LogP contribution in [-0.4, -0.2) is 28.9 Å². The van der Waals surface area contributed by atoms with E-state index in [-0.39, 0.29) is 11.4 Å². The van der Waals surface area contributed by atoms with Crippen LogP contribution in [0.3, 0.4) is 0 Å². The van der Waals surface area contributed by atoms with Crippen molar-refractivity contribution in [2.24, 2.45) is 0 Å². The predicted octanol–water partition coefficient (Wildman–Crippen LogP) is 1.66. The van der Waals surface area contributed by atoms with Crippen molar-refractivity contribution in [2.75, 3.05) is 7.11 Å². The molecule has 100 valence electrons. The molecule has 0 saturated heterocycles. The highest BCUT2D eigenvalue weighted by atomic mass is 16.6. The molecule has 19 heavy (non-hydrogen) atoms. The molecule has 0 aliphatic carbocycles. The third-order valence-corrected chi connectivity index (χ3v) is 2.19. The third-order valence-electron chi connectivity index (χ3n) is 2.19. The number of methoxy groups -OCH3 is 1. The van der Waals surface area contributed by atoms with E-state index in [4.69, 9.17) is 9.84 Å². The van der Waals surface area contributed by atoms with E-state index in [9.17, 15) is 19.7 Å². The van der Waals surface area contributed by atoms with Gasteiger partial charge < -0.3 is 9.84 Å². The third kappa shape index (κ3) is 4.23. The number of benzene rings is 1. The van der Waals surface area contributed by atoms with E-state index in [0.29, 0.717) is 5.56 Å². The summed E-state index contributed by atoms with van der Waals surface area (Å²) in [5, 5.41) is 19.2. The maximum absolute atomic E-state index is 11.1. The summed E-state index contributed by atoms with van der Waals surface area (Å²) in [5.41, 5.74) is 0.182. The number of ketones is 1. The smallest absolute Gasteiger partial charge is 0.311 e. The first-order chi connectivity index (χ1) is 8.93. The van der Waals surface area contributed by atoms with Gasteiger partial charge in [0.25, 0.3) is 0 Å². The molecular formula is C12H11NO6. The number of hydrogen-bond acceptors (Lipinski definition) is 5. The molecule has 0 heterocycles. The minimum absolute atomic E-state index is 0.110. The molecular weight excluding hydrogens is 254 g/mol. The monoisotopic (exact) mass is 265 g/mol. The zero-order valence-electron chi connectivity index (χ0n) is 10.0. The molecule has 0 fully saturated rings. The van der Waals surface area contributed by atoms with Gasteiger partial charge in [-0.05, 0) is 17.7 Å². The summed E-state index contributed by atoms with van der Waals surface area (Å²) in [6, 6.07) is 4.17. The van der Waals surface area contributed by atoms with Crippen LogP contribution in [0.2, 0.25) is 0 Å². The molecule has 1 N–H and O–H groups in total. The lowest BCUT2D eigenvalue weighted by atomic mass is 10.1. The maximum Gasteiger partial charge on any atom is 0.311 e. The average Bonchev–Trinajstić information content (AvgIpc) is 2.35. The number of nitro benzene ring substituents is 1. The lowest BCUT2D eigenvalue weighted by molar-refractivity contribution is -0.385. The fourth-order valence-corrected chi connectivity index (χ4v) is 1.35. The minimum atomic E-state index is -1.23. The van der Waals surface area contributed by atoms with Gasteiger partial charge in [-0.1, -0.05) is 12.1 Å². The lowest BCUT2D eigenvalue weighted by Crippen LogP contribution is -2.02. The quantitative estimate of drug-likeness (QED) is 0.363. The van der Waals surface area contributed by atoms with Gasteiger partial charge in [0.2, 0.25) is 0 Å². The molecule has 1 rings (SSSR count). The second-order valence-corrected chi connectivity index (χ2v) is 3.56. The van der Waals surface area contributed by atoms with Crippen molar-refractivity contribution in [1.82, 2.24) is 0 Å². The van der Waals surface area contributed by atoms with Crippen molar-refractivity contribution in [1.29, 1.82) is 0 Å². The van der Waals surface area contributed by atoms with E-state index in [2.05, 4.69) is 0 Å². The zero-order valence-corrected chi connectivity index (χ0v) is 10.0. The van der Waals surface area contributed by atoms with Gasteiger partial charge in [0.15, 0.2) is 11.5 Å². The topological polar surface area (TPSA) is 107 Å². The molecule has 7 heteroatoms. The molecule has 0 aliphatic heterocycles. The highest BCUT2D eigenvalue weighted by Crippen LogP contribution is 2.27. The number of nitrogens with zero attached hydrogens (tertiary/aromatic N) is 1. The normalized spacial score (nSPS) is 10.4. The summed E-state index contributed by atoms with van der Waals surface area (Å²) in [5.74, 6) is -1.71. The second kappa shape index (κ2) is 6.29. The molecule has 0 bridgehead atoms. The molecule has 0 aromatic heterocycles. The van der Waals surface area contributed by atoms with Crippen molar-refractivity contribution in [3.8, 4) is 5.75 Å². The standard InChI is InChI=1S/C12H11NO6/c1-19-11-5-3-8(6-10(11)13(17)18)2-4-9(14)7-12(15)16/h2-6H,7H2,1H3,(H,15,16). The van der Waals surface area contributed by atoms with Crippen molar-refractivity contribution in [3.05, 3.63) is 40.0 Å². The van der Waals surface area contributed by atoms with Crippen LogP contribution in [0.15, 0.2) is 24.3 Å². The highest BCUT2D eigenvalue weighted by Gasteiger charge is 2.14. The van der Waals surface area contributed by atoms with Gasteiger partial charge in [0.05, 0.1) is 12.0 Å². The summed E-state index contributed by atoms with van der Waals surface area (Å²) < 4.78 is 4.83. The van der Waals surface area contributed by atoms with Crippen LogP contribution < -0.4 is 4.74 Å². The Morgan fingerprint density at radius 1 is 1.47 bits per heavy atom. The van der Waals surface area contributed by atoms with E-state index in [1.165, 1.54) is 31.4 Å². The Hall–Kier alpha value is -2.70. The Balaban J connectivity index is 2.94. The summed E-state index contributed by atoms with van der Waals surface area (Å²) in [6.45, 7) is 0. The van der Waals surface area contributed by atoms with Crippen LogP contribution in [0, 0.1) is 10.1 Å². The van der Waals surface area contributed by atoms with Gasteiger partial charge in [0, 0.05) is 6.07 Å². The SMILES string of the molecule is COc1ccc(C=CC(=O)CC(=O)O)cc1[N+](=O)[O-]. The van der Waals surface area contributed by atoms with Gasteiger partial charge in [0.1, 0.15) is 6.42 Å². The van der Waals surface area contributed by atoms with Crippen molar-refractivity contribution < 1.29 is 24.4 Å². The van der Waals surface area contributed by atoms with Gasteiger partial charge in [-0.2, -0.15) is 0 Å². The summed E-state index contributed by atoms with van der Waals surface area (Å²) in [4.78, 5) is 31.6. The first kappa shape index (κ1) is 14.4. The molecule has 0 atom stereocenters. The molecule has 0 radical (unpaired) electrons. The van der Waals surface area contributed by atoms with Crippen LogP contribution in [0.5, 0.6) is 5.75 Å². The number of ether oxygens (including phenoxy) is 1. The van der Waals surface area contributed by atoms with E-state index in [0.717, 1.165) is 6.08 Å². The van der Waals surface area contributed by atoms with Gasteiger partial charge in [-0.15, -0.1) is 0 Å². The fraction of sp³-hybridized carbons (Fsp3) is 0.167. The number of carboxylic acid groups (broad SMARTS) is 1. The number of aliphatic carboxylic acids is 1. The number of carbonyl (C=O) groups excluding carboxylic acids is 1. The molecule has 1 aromatic carbocycles. The van der Waals surface area contributed by atoms with Gasteiger partial charge in [-0.25, -0.2) is 0 Å². The van der Waals surface area contributed by atoms with E-state index in [1.54, 1.807) is 0 Å². The average molecular weight is 265 g/mol. The first-order valence-electron chi connectivity index (χ1n) is 5.19. The van der Waals surface area contributed by atoms with Crippen LogP contribution in [0.1, 0.15) is 12.0 Å². The Morgan fingerprint density at radius 2 is 2.16 bits per heavy atom. The summed E-state index contributed by atoms with van der Waals surface area (Å²) in [7, 11) is 1.31. The van der Waals surface area contributed by atoms with Crippen molar-refractivity contribution >= 4 is 23.5 Å².